The first-order chi connectivity index (χ1) is 6.01. The molecule has 1 saturated heterocycles. The van der Waals surface area contributed by atoms with Crippen LogP contribution in [0.1, 0.15) is 6.42 Å². The zero-order chi connectivity index (χ0) is 9.90. The first kappa shape index (κ1) is 10.9. The average Bonchev–Trinajstić information content (AvgIpc) is 2.33. The second-order valence-electron chi connectivity index (χ2n) is 3.46. The van der Waals surface area contributed by atoms with Crippen LogP contribution in [0.15, 0.2) is 0 Å². The van der Waals surface area contributed by atoms with Crippen molar-refractivity contribution in [3.8, 4) is 0 Å². The van der Waals surface area contributed by atoms with E-state index in [1.165, 1.54) is 6.26 Å². The van der Waals surface area contributed by atoms with E-state index in [0.717, 1.165) is 26.1 Å². The Morgan fingerprint density at radius 1 is 1.62 bits per heavy atom. The average molecular weight is 207 g/mol. The summed E-state index contributed by atoms with van der Waals surface area (Å²) in [4.78, 5) is 2.17. The van der Waals surface area contributed by atoms with Gasteiger partial charge in [-0.1, -0.05) is 0 Å². The molecule has 1 atom stereocenters. The SMILES string of the molecule is CS(=O)(=O)NC1CCN(CCN)C1. The maximum atomic E-state index is 10.9. The van der Waals surface area contributed by atoms with E-state index in [1.807, 2.05) is 0 Å². The Labute approximate surface area is 79.3 Å². The first-order valence-electron chi connectivity index (χ1n) is 4.41. The molecule has 0 aromatic rings. The number of nitrogens with zero attached hydrogens (tertiary/aromatic N) is 1. The minimum atomic E-state index is -3.05. The molecule has 1 aliphatic heterocycles. The van der Waals surface area contributed by atoms with E-state index in [0.29, 0.717) is 6.54 Å². The highest BCUT2D eigenvalue weighted by Gasteiger charge is 2.23. The standard InChI is InChI=1S/C7H17N3O2S/c1-13(11,12)9-7-2-4-10(6-7)5-3-8/h7,9H,2-6,8H2,1H3. The van der Waals surface area contributed by atoms with E-state index < -0.39 is 10.0 Å². The summed E-state index contributed by atoms with van der Waals surface area (Å²) >= 11 is 0. The van der Waals surface area contributed by atoms with Crippen LogP contribution in [0.3, 0.4) is 0 Å². The molecule has 1 heterocycles. The summed E-state index contributed by atoms with van der Waals surface area (Å²) in [6, 6.07) is 0.0709. The van der Waals surface area contributed by atoms with Crippen molar-refractivity contribution in [2.45, 2.75) is 12.5 Å². The van der Waals surface area contributed by atoms with Crippen LogP contribution < -0.4 is 10.5 Å². The highest BCUT2D eigenvalue weighted by Crippen LogP contribution is 2.08. The smallest absolute Gasteiger partial charge is 0.208 e. The van der Waals surface area contributed by atoms with Crippen molar-refractivity contribution in [3.05, 3.63) is 0 Å². The molecule has 0 saturated carbocycles. The Kier molecular flexibility index (Phi) is 3.66. The minimum absolute atomic E-state index is 0.0709. The molecule has 3 N–H and O–H groups in total. The molecule has 6 heteroatoms. The van der Waals surface area contributed by atoms with Gasteiger partial charge in [0.2, 0.25) is 10.0 Å². The second kappa shape index (κ2) is 4.36. The summed E-state index contributed by atoms with van der Waals surface area (Å²) in [5, 5.41) is 0. The van der Waals surface area contributed by atoms with Crippen molar-refractivity contribution in [1.82, 2.24) is 9.62 Å². The molecule has 1 aliphatic rings. The molecular weight excluding hydrogens is 190 g/mol. The molecule has 1 rings (SSSR count). The molecule has 1 fully saturated rings. The van der Waals surface area contributed by atoms with Crippen LogP contribution in [0.4, 0.5) is 0 Å². The van der Waals surface area contributed by atoms with Crippen molar-refractivity contribution in [2.24, 2.45) is 5.73 Å². The summed E-state index contributed by atoms with van der Waals surface area (Å²) in [6.07, 6.45) is 2.08. The monoisotopic (exact) mass is 207 g/mol. The van der Waals surface area contributed by atoms with Crippen LogP contribution in [0, 0.1) is 0 Å². The quantitative estimate of drug-likeness (QED) is 0.592. The number of nitrogens with two attached hydrogens (primary N) is 1. The second-order valence-corrected chi connectivity index (χ2v) is 5.24. The zero-order valence-electron chi connectivity index (χ0n) is 7.86. The van der Waals surface area contributed by atoms with Crippen LogP contribution in [0.5, 0.6) is 0 Å². The summed E-state index contributed by atoms with van der Waals surface area (Å²) < 4.78 is 24.4. The van der Waals surface area contributed by atoms with Gasteiger partial charge in [-0.05, 0) is 13.0 Å². The topological polar surface area (TPSA) is 75.4 Å². The third-order valence-electron chi connectivity index (χ3n) is 2.10. The predicted molar refractivity (Wildman–Crippen MR) is 51.9 cm³/mol. The summed E-state index contributed by atoms with van der Waals surface area (Å²) in [5.41, 5.74) is 5.40. The van der Waals surface area contributed by atoms with Crippen molar-refractivity contribution < 1.29 is 8.42 Å². The number of sulfonamides is 1. The lowest BCUT2D eigenvalue weighted by Gasteiger charge is -2.14. The predicted octanol–water partition coefficient (Wildman–Crippen LogP) is -1.43. The van der Waals surface area contributed by atoms with E-state index >= 15 is 0 Å². The summed E-state index contributed by atoms with van der Waals surface area (Å²) in [7, 11) is -3.05. The van der Waals surface area contributed by atoms with Crippen molar-refractivity contribution in [2.75, 3.05) is 32.4 Å². The Morgan fingerprint density at radius 2 is 2.31 bits per heavy atom. The van der Waals surface area contributed by atoms with Crippen LogP contribution in [-0.4, -0.2) is 51.8 Å². The van der Waals surface area contributed by atoms with Gasteiger partial charge in [-0.15, -0.1) is 0 Å². The first-order valence-corrected chi connectivity index (χ1v) is 6.30. The van der Waals surface area contributed by atoms with Crippen LogP contribution in [0.2, 0.25) is 0 Å². The van der Waals surface area contributed by atoms with Crippen molar-refractivity contribution in [3.63, 3.8) is 0 Å². The fourth-order valence-corrected chi connectivity index (χ4v) is 2.42. The van der Waals surface area contributed by atoms with Gasteiger partial charge in [0.1, 0.15) is 0 Å². The Bertz CT molecular complexity index is 252. The lowest BCUT2D eigenvalue weighted by atomic mass is 10.3. The van der Waals surface area contributed by atoms with Gasteiger partial charge in [0, 0.05) is 25.7 Å². The van der Waals surface area contributed by atoms with Crippen LogP contribution in [0.25, 0.3) is 0 Å². The molecule has 0 aromatic heterocycles. The van der Waals surface area contributed by atoms with Gasteiger partial charge < -0.3 is 10.6 Å². The van der Waals surface area contributed by atoms with Gasteiger partial charge in [0.05, 0.1) is 6.26 Å². The number of nitrogens with one attached hydrogen (secondary N) is 1. The molecule has 0 aromatic carbocycles. The molecule has 0 bridgehead atoms. The maximum absolute atomic E-state index is 10.9. The van der Waals surface area contributed by atoms with E-state index in [1.54, 1.807) is 0 Å². The maximum Gasteiger partial charge on any atom is 0.208 e. The zero-order valence-corrected chi connectivity index (χ0v) is 8.68. The largest absolute Gasteiger partial charge is 0.329 e. The molecule has 78 valence electrons. The number of rotatable bonds is 4. The van der Waals surface area contributed by atoms with Gasteiger partial charge in [0.25, 0.3) is 0 Å². The molecule has 0 aliphatic carbocycles. The third-order valence-corrected chi connectivity index (χ3v) is 2.86. The van der Waals surface area contributed by atoms with Gasteiger partial charge in [-0.25, -0.2) is 13.1 Å². The highest BCUT2D eigenvalue weighted by atomic mass is 32.2. The van der Waals surface area contributed by atoms with Gasteiger partial charge >= 0.3 is 0 Å². The van der Waals surface area contributed by atoms with E-state index in [4.69, 9.17) is 5.73 Å². The normalized spacial score (nSPS) is 25.2. The molecule has 5 nitrogen and oxygen atoms in total. The lowest BCUT2D eigenvalue weighted by molar-refractivity contribution is 0.341. The van der Waals surface area contributed by atoms with E-state index in [9.17, 15) is 8.42 Å². The van der Waals surface area contributed by atoms with Gasteiger partial charge in [-0.2, -0.15) is 0 Å². The molecule has 1 unspecified atom stereocenters. The molecule has 13 heavy (non-hydrogen) atoms. The Balaban J connectivity index is 2.33. The third kappa shape index (κ3) is 4.04. The number of hydrogen-bond donors (Lipinski definition) is 2. The fourth-order valence-electron chi connectivity index (χ4n) is 1.62. The Hall–Kier alpha value is -0.170. The number of likely N-dealkylation sites (tertiary alicyclic amines) is 1. The number of hydrogen-bond acceptors (Lipinski definition) is 4. The molecule has 0 radical (unpaired) electrons. The van der Waals surface area contributed by atoms with E-state index in [-0.39, 0.29) is 6.04 Å². The fraction of sp³-hybridized carbons (Fsp3) is 1.00. The van der Waals surface area contributed by atoms with Crippen molar-refractivity contribution >= 4 is 10.0 Å². The van der Waals surface area contributed by atoms with E-state index in [2.05, 4.69) is 9.62 Å². The molecule has 0 spiro atoms. The minimum Gasteiger partial charge on any atom is -0.329 e. The van der Waals surface area contributed by atoms with Crippen molar-refractivity contribution in [1.29, 1.82) is 0 Å². The van der Waals surface area contributed by atoms with Gasteiger partial charge in [-0.3, -0.25) is 0 Å². The summed E-state index contributed by atoms with van der Waals surface area (Å²) in [6.45, 7) is 3.20. The highest BCUT2D eigenvalue weighted by molar-refractivity contribution is 7.88. The lowest BCUT2D eigenvalue weighted by Crippen LogP contribution is -2.37. The molecular formula is C7H17N3O2S. The van der Waals surface area contributed by atoms with Gasteiger partial charge in [0.15, 0.2) is 0 Å². The van der Waals surface area contributed by atoms with Crippen LogP contribution in [-0.2, 0) is 10.0 Å². The molecule has 0 amide bonds. The van der Waals surface area contributed by atoms with Crippen LogP contribution >= 0.6 is 0 Å². The summed E-state index contributed by atoms with van der Waals surface area (Å²) in [5.74, 6) is 0. The Morgan fingerprint density at radius 3 is 2.85 bits per heavy atom.